The van der Waals surface area contributed by atoms with Crippen molar-refractivity contribution >= 4 is 0 Å². The van der Waals surface area contributed by atoms with E-state index in [-0.39, 0.29) is 0 Å². The van der Waals surface area contributed by atoms with Crippen LogP contribution in [0.1, 0.15) is 40.5 Å². The molecule has 0 amide bonds. The summed E-state index contributed by atoms with van der Waals surface area (Å²) in [6, 6.07) is 1.51. The van der Waals surface area contributed by atoms with Crippen LogP contribution in [-0.2, 0) is 0 Å². The fourth-order valence-electron chi connectivity index (χ4n) is 2.29. The van der Waals surface area contributed by atoms with E-state index in [9.17, 15) is 0 Å². The quantitative estimate of drug-likeness (QED) is 0.683. The van der Waals surface area contributed by atoms with Crippen LogP contribution in [0.25, 0.3) is 0 Å². The molecule has 0 bridgehead atoms. The van der Waals surface area contributed by atoms with Crippen molar-refractivity contribution in [2.24, 2.45) is 0 Å². The van der Waals surface area contributed by atoms with Crippen molar-refractivity contribution in [1.82, 2.24) is 9.80 Å². The Morgan fingerprint density at radius 1 is 0.929 bits per heavy atom. The second-order valence-corrected chi connectivity index (χ2v) is 4.80. The van der Waals surface area contributed by atoms with Gasteiger partial charge in [-0.3, -0.25) is 9.80 Å². The van der Waals surface area contributed by atoms with E-state index in [0.717, 1.165) is 12.1 Å². The Bertz CT molecular complexity index is 148. The van der Waals surface area contributed by atoms with E-state index in [2.05, 4.69) is 37.5 Å². The Labute approximate surface area is 89.3 Å². The lowest BCUT2D eigenvalue weighted by atomic mass is 10.1. The smallest absolute Gasteiger partial charge is 0.0113 e. The maximum absolute atomic E-state index is 2.64. The average Bonchev–Trinajstić information content (AvgIpc) is 2.18. The van der Waals surface area contributed by atoms with Crippen LogP contribution in [0.15, 0.2) is 0 Å². The van der Waals surface area contributed by atoms with Crippen molar-refractivity contribution in [2.75, 3.05) is 26.2 Å². The zero-order valence-electron chi connectivity index (χ0n) is 10.3. The monoisotopic (exact) mass is 198 g/mol. The minimum absolute atomic E-state index is 0.721. The number of hydrogen-bond acceptors (Lipinski definition) is 2. The molecule has 0 aromatic carbocycles. The first kappa shape index (κ1) is 12.0. The molecule has 1 saturated heterocycles. The molecule has 0 aromatic heterocycles. The molecule has 1 rings (SSSR count). The Kier molecular flexibility index (Phi) is 4.90. The number of nitrogens with zero attached hydrogens (tertiary/aromatic N) is 2. The van der Waals surface area contributed by atoms with E-state index in [1.54, 1.807) is 0 Å². The highest BCUT2D eigenvalue weighted by molar-refractivity contribution is 4.77. The van der Waals surface area contributed by atoms with Gasteiger partial charge in [0.05, 0.1) is 0 Å². The van der Waals surface area contributed by atoms with Crippen LogP contribution < -0.4 is 0 Å². The first-order valence-corrected chi connectivity index (χ1v) is 6.13. The van der Waals surface area contributed by atoms with Crippen LogP contribution in [0.4, 0.5) is 0 Å². The summed E-state index contributed by atoms with van der Waals surface area (Å²) in [6.45, 7) is 14.3. The van der Waals surface area contributed by atoms with Crippen molar-refractivity contribution in [3.05, 3.63) is 0 Å². The average molecular weight is 198 g/mol. The summed E-state index contributed by atoms with van der Waals surface area (Å²) in [4.78, 5) is 5.22. The Morgan fingerprint density at radius 3 is 1.86 bits per heavy atom. The third-order valence-corrected chi connectivity index (χ3v) is 3.41. The van der Waals surface area contributed by atoms with Gasteiger partial charge in [-0.15, -0.1) is 0 Å². The zero-order chi connectivity index (χ0) is 10.6. The Hall–Kier alpha value is -0.0800. The van der Waals surface area contributed by atoms with Gasteiger partial charge in [0.15, 0.2) is 0 Å². The molecule has 1 atom stereocenters. The molecule has 0 aliphatic carbocycles. The molecule has 14 heavy (non-hydrogen) atoms. The fourth-order valence-corrected chi connectivity index (χ4v) is 2.29. The standard InChI is InChI=1S/C12H26N2/c1-5-6-12(4)14-9-7-13(8-10-14)11(2)3/h11-12H,5-10H2,1-4H3/t12-/m0/s1. The van der Waals surface area contributed by atoms with Gasteiger partial charge in [0.1, 0.15) is 0 Å². The molecular weight excluding hydrogens is 172 g/mol. The molecule has 84 valence electrons. The predicted molar refractivity (Wildman–Crippen MR) is 62.7 cm³/mol. The summed E-state index contributed by atoms with van der Waals surface area (Å²) < 4.78 is 0. The summed E-state index contributed by atoms with van der Waals surface area (Å²) in [5.74, 6) is 0. The molecule has 0 aromatic rings. The zero-order valence-corrected chi connectivity index (χ0v) is 10.3. The highest BCUT2D eigenvalue weighted by atomic mass is 15.3. The van der Waals surface area contributed by atoms with Gasteiger partial charge in [-0.1, -0.05) is 13.3 Å². The summed E-state index contributed by atoms with van der Waals surface area (Å²) in [6.07, 6.45) is 2.66. The predicted octanol–water partition coefficient (Wildman–Crippen LogP) is 2.20. The number of rotatable bonds is 4. The lowest BCUT2D eigenvalue weighted by Crippen LogP contribution is -2.51. The maximum atomic E-state index is 2.64. The van der Waals surface area contributed by atoms with Gasteiger partial charge in [0.2, 0.25) is 0 Å². The molecule has 0 saturated carbocycles. The molecule has 1 aliphatic rings. The van der Waals surface area contributed by atoms with Crippen molar-refractivity contribution in [3.63, 3.8) is 0 Å². The first-order valence-electron chi connectivity index (χ1n) is 6.13. The van der Waals surface area contributed by atoms with Crippen molar-refractivity contribution in [3.8, 4) is 0 Å². The molecule has 0 N–H and O–H groups in total. The Balaban J connectivity index is 2.28. The summed E-state index contributed by atoms with van der Waals surface area (Å²) >= 11 is 0. The van der Waals surface area contributed by atoms with Crippen LogP contribution >= 0.6 is 0 Å². The van der Waals surface area contributed by atoms with Crippen LogP contribution in [0.5, 0.6) is 0 Å². The minimum Gasteiger partial charge on any atom is -0.298 e. The maximum Gasteiger partial charge on any atom is 0.0113 e. The largest absolute Gasteiger partial charge is 0.298 e. The van der Waals surface area contributed by atoms with Gasteiger partial charge < -0.3 is 0 Å². The highest BCUT2D eigenvalue weighted by Crippen LogP contribution is 2.11. The third-order valence-electron chi connectivity index (χ3n) is 3.41. The second-order valence-electron chi connectivity index (χ2n) is 4.80. The van der Waals surface area contributed by atoms with E-state index in [0.29, 0.717) is 0 Å². The minimum atomic E-state index is 0.721. The molecule has 1 fully saturated rings. The lowest BCUT2D eigenvalue weighted by molar-refractivity contribution is 0.0805. The van der Waals surface area contributed by atoms with Gasteiger partial charge in [-0.25, -0.2) is 0 Å². The molecule has 2 heteroatoms. The normalized spacial score (nSPS) is 22.9. The highest BCUT2D eigenvalue weighted by Gasteiger charge is 2.21. The number of hydrogen-bond donors (Lipinski definition) is 0. The van der Waals surface area contributed by atoms with Gasteiger partial charge in [-0.05, 0) is 27.2 Å². The lowest BCUT2D eigenvalue weighted by Gasteiger charge is -2.39. The first-order chi connectivity index (χ1) is 6.65. The van der Waals surface area contributed by atoms with E-state index in [1.165, 1.54) is 39.0 Å². The molecular formula is C12H26N2. The molecule has 2 nitrogen and oxygen atoms in total. The molecule has 1 heterocycles. The van der Waals surface area contributed by atoms with Crippen molar-refractivity contribution in [2.45, 2.75) is 52.6 Å². The Morgan fingerprint density at radius 2 is 1.43 bits per heavy atom. The van der Waals surface area contributed by atoms with Gasteiger partial charge in [0.25, 0.3) is 0 Å². The van der Waals surface area contributed by atoms with Crippen LogP contribution in [-0.4, -0.2) is 48.1 Å². The summed E-state index contributed by atoms with van der Waals surface area (Å²) in [5.41, 5.74) is 0. The van der Waals surface area contributed by atoms with Crippen molar-refractivity contribution in [1.29, 1.82) is 0 Å². The summed E-state index contributed by atoms with van der Waals surface area (Å²) in [7, 11) is 0. The SMILES string of the molecule is CCC[C@H](C)N1CCN(C(C)C)CC1. The van der Waals surface area contributed by atoms with Crippen LogP contribution in [0, 0.1) is 0 Å². The van der Waals surface area contributed by atoms with Crippen LogP contribution in [0.3, 0.4) is 0 Å². The van der Waals surface area contributed by atoms with E-state index < -0.39 is 0 Å². The molecule has 0 unspecified atom stereocenters. The topological polar surface area (TPSA) is 6.48 Å². The third kappa shape index (κ3) is 3.25. The van der Waals surface area contributed by atoms with E-state index in [4.69, 9.17) is 0 Å². The fraction of sp³-hybridized carbons (Fsp3) is 1.00. The van der Waals surface area contributed by atoms with Crippen LogP contribution in [0.2, 0.25) is 0 Å². The van der Waals surface area contributed by atoms with Gasteiger partial charge >= 0.3 is 0 Å². The molecule has 0 spiro atoms. The summed E-state index contributed by atoms with van der Waals surface area (Å²) in [5, 5.41) is 0. The molecule has 0 radical (unpaired) electrons. The number of piperazine rings is 1. The molecule has 1 aliphatic heterocycles. The van der Waals surface area contributed by atoms with Gasteiger partial charge in [0, 0.05) is 38.3 Å². The van der Waals surface area contributed by atoms with E-state index >= 15 is 0 Å². The van der Waals surface area contributed by atoms with Crippen molar-refractivity contribution < 1.29 is 0 Å². The second kappa shape index (κ2) is 5.72. The van der Waals surface area contributed by atoms with E-state index in [1.807, 2.05) is 0 Å². The van der Waals surface area contributed by atoms with Gasteiger partial charge in [-0.2, -0.15) is 0 Å².